The second-order valence-corrected chi connectivity index (χ2v) is 6.97. The topological polar surface area (TPSA) is 12.0 Å². The van der Waals surface area contributed by atoms with E-state index >= 15 is 0 Å². The molecule has 1 unspecified atom stereocenters. The van der Waals surface area contributed by atoms with Gasteiger partial charge in [0.15, 0.2) is 0 Å². The first kappa shape index (κ1) is 15.2. The fourth-order valence-electron chi connectivity index (χ4n) is 2.48. The van der Waals surface area contributed by atoms with E-state index < -0.39 is 0 Å². The number of fused-ring (bicyclic) bond motifs is 1. The smallest absolute Gasteiger partial charge is 0.123 e. The second kappa shape index (κ2) is 6.57. The lowest BCUT2D eigenvalue weighted by molar-refractivity contribution is 0.504. The monoisotopic (exact) mass is 341 g/mol. The van der Waals surface area contributed by atoms with Gasteiger partial charge in [0.2, 0.25) is 0 Å². The molecule has 0 saturated heterocycles. The molecule has 1 atom stereocenters. The Morgan fingerprint density at radius 3 is 2.86 bits per heavy atom. The van der Waals surface area contributed by atoms with Gasteiger partial charge in [-0.05, 0) is 53.6 Å². The second-order valence-electron chi connectivity index (χ2n) is 4.99. The van der Waals surface area contributed by atoms with Crippen LogP contribution in [-0.4, -0.2) is 5.75 Å². The van der Waals surface area contributed by atoms with Crippen molar-refractivity contribution >= 4 is 35.0 Å². The summed E-state index contributed by atoms with van der Waals surface area (Å²) < 4.78 is 13.5. The van der Waals surface area contributed by atoms with Gasteiger partial charge in [-0.1, -0.05) is 29.3 Å². The molecule has 0 radical (unpaired) electrons. The van der Waals surface area contributed by atoms with Crippen molar-refractivity contribution in [1.82, 2.24) is 5.32 Å². The van der Waals surface area contributed by atoms with Gasteiger partial charge in [0, 0.05) is 27.5 Å². The lowest BCUT2D eigenvalue weighted by atomic mass is 10.0. The molecule has 1 aliphatic rings. The van der Waals surface area contributed by atoms with Crippen LogP contribution in [0, 0.1) is 5.82 Å². The molecule has 3 rings (SSSR count). The summed E-state index contributed by atoms with van der Waals surface area (Å²) >= 11 is 13.9. The Kier molecular flexibility index (Phi) is 4.75. The van der Waals surface area contributed by atoms with Gasteiger partial charge in [0.05, 0.1) is 0 Å². The van der Waals surface area contributed by atoms with Crippen LogP contribution in [0.25, 0.3) is 0 Å². The maximum absolute atomic E-state index is 13.5. The molecule has 0 amide bonds. The van der Waals surface area contributed by atoms with Crippen molar-refractivity contribution in [3.05, 3.63) is 63.4 Å². The molecule has 2 aromatic rings. The Labute approximate surface area is 137 Å². The minimum Gasteiger partial charge on any atom is -0.306 e. The quantitative estimate of drug-likeness (QED) is 0.795. The fraction of sp³-hybridized carbons (Fsp3) is 0.250. The van der Waals surface area contributed by atoms with Crippen molar-refractivity contribution in [3.63, 3.8) is 0 Å². The molecular weight excluding hydrogens is 328 g/mol. The summed E-state index contributed by atoms with van der Waals surface area (Å²) in [6.07, 6.45) is 0.979. The van der Waals surface area contributed by atoms with Crippen LogP contribution in [0.4, 0.5) is 4.39 Å². The molecule has 0 saturated carbocycles. The third-order valence-electron chi connectivity index (χ3n) is 3.57. The number of nitrogens with one attached hydrogen (secondary N) is 1. The van der Waals surface area contributed by atoms with Crippen LogP contribution in [0.2, 0.25) is 10.0 Å². The summed E-state index contributed by atoms with van der Waals surface area (Å²) in [5.74, 6) is 0.845. The lowest BCUT2D eigenvalue weighted by Gasteiger charge is -2.26. The Bertz CT molecular complexity index is 663. The van der Waals surface area contributed by atoms with Crippen LogP contribution in [0.5, 0.6) is 0 Å². The minimum atomic E-state index is -0.187. The lowest BCUT2D eigenvalue weighted by Crippen LogP contribution is -2.24. The Morgan fingerprint density at radius 1 is 1.19 bits per heavy atom. The van der Waals surface area contributed by atoms with Gasteiger partial charge in [0.1, 0.15) is 5.82 Å². The van der Waals surface area contributed by atoms with Gasteiger partial charge in [-0.3, -0.25) is 0 Å². The molecule has 2 aromatic carbocycles. The van der Waals surface area contributed by atoms with Crippen molar-refractivity contribution in [2.24, 2.45) is 0 Å². The zero-order valence-corrected chi connectivity index (χ0v) is 13.5. The molecule has 1 aliphatic heterocycles. The molecule has 1 N–H and O–H groups in total. The maximum atomic E-state index is 13.5. The van der Waals surface area contributed by atoms with E-state index in [4.69, 9.17) is 23.2 Å². The van der Waals surface area contributed by atoms with Gasteiger partial charge in [0.25, 0.3) is 0 Å². The molecule has 1 heterocycles. The molecule has 0 fully saturated rings. The first-order valence-electron chi connectivity index (χ1n) is 6.73. The SMILES string of the molecule is Fc1ccc2c(c1)C(NCc1ccc(Cl)cc1Cl)CCS2. The van der Waals surface area contributed by atoms with Gasteiger partial charge >= 0.3 is 0 Å². The first-order valence-corrected chi connectivity index (χ1v) is 8.47. The van der Waals surface area contributed by atoms with E-state index in [2.05, 4.69) is 5.32 Å². The molecule has 0 bridgehead atoms. The van der Waals surface area contributed by atoms with Gasteiger partial charge < -0.3 is 5.32 Å². The van der Waals surface area contributed by atoms with Crippen LogP contribution >= 0.6 is 35.0 Å². The number of hydrogen-bond donors (Lipinski definition) is 1. The third kappa shape index (κ3) is 3.54. The summed E-state index contributed by atoms with van der Waals surface area (Å²) in [6.45, 7) is 0.640. The van der Waals surface area contributed by atoms with Crippen molar-refractivity contribution in [2.75, 3.05) is 5.75 Å². The predicted octanol–water partition coefficient (Wildman–Crippen LogP) is 5.46. The first-order chi connectivity index (χ1) is 10.1. The average Bonchev–Trinajstić information content (AvgIpc) is 2.46. The van der Waals surface area contributed by atoms with Crippen LogP contribution in [0.15, 0.2) is 41.3 Å². The van der Waals surface area contributed by atoms with Gasteiger partial charge in [-0.15, -0.1) is 11.8 Å². The largest absolute Gasteiger partial charge is 0.306 e. The third-order valence-corrected chi connectivity index (χ3v) is 5.27. The standard InChI is InChI=1S/C16H14Cl2FNS/c17-11-2-1-10(14(18)7-11)9-20-15-5-6-21-16-4-3-12(19)8-13(15)16/h1-4,7-8,15,20H,5-6,9H2. The summed E-state index contributed by atoms with van der Waals surface area (Å²) in [4.78, 5) is 1.15. The summed E-state index contributed by atoms with van der Waals surface area (Å²) in [5.41, 5.74) is 2.04. The Balaban J connectivity index is 1.76. The van der Waals surface area contributed by atoms with E-state index in [9.17, 15) is 4.39 Å². The predicted molar refractivity (Wildman–Crippen MR) is 87.8 cm³/mol. The zero-order valence-electron chi connectivity index (χ0n) is 11.2. The van der Waals surface area contributed by atoms with Gasteiger partial charge in [-0.2, -0.15) is 0 Å². The maximum Gasteiger partial charge on any atom is 0.123 e. The molecule has 110 valence electrons. The van der Waals surface area contributed by atoms with Crippen molar-refractivity contribution in [1.29, 1.82) is 0 Å². The van der Waals surface area contributed by atoms with Gasteiger partial charge in [-0.25, -0.2) is 4.39 Å². The van der Waals surface area contributed by atoms with E-state index in [-0.39, 0.29) is 11.9 Å². The van der Waals surface area contributed by atoms with E-state index in [1.54, 1.807) is 23.9 Å². The Hall–Kier alpha value is -0.740. The van der Waals surface area contributed by atoms with Crippen molar-refractivity contribution < 1.29 is 4.39 Å². The normalized spacial score (nSPS) is 17.6. The van der Waals surface area contributed by atoms with Crippen molar-refractivity contribution in [3.8, 4) is 0 Å². The van der Waals surface area contributed by atoms with Crippen LogP contribution in [-0.2, 0) is 6.54 Å². The zero-order chi connectivity index (χ0) is 14.8. The summed E-state index contributed by atoms with van der Waals surface area (Å²) in [6, 6.07) is 10.6. The van der Waals surface area contributed by atoms with Crippen LogP contribution < -0.4 is 5.32 Å². The number of hydrogen-bond acceptors (Lipinski definition) is 2. The molecule has 21 heavy (non-hydrogen) atoms. The molecule has 0 aliphatic carbocycles. The van der Waals surface area contributed by atoms with E-state index in [0.29, 0.717) is 16.6 Å². The van der Waals surface area contributed by atoms with Crippen LogP contribution in [0.3, 0.4) is 0 Å². The number of benzene rings is 2. The van der Waals surface area contributed by atoms with E-state index in [1.165, 1.54) is 6.07 Å². The van der Waals surface area contributed by atoms with E-state index in [0.717, 1.165) is 28.2 Å². The molecular formula is C16H14Cl2FNS. The summed E-state index contributed by atoms with van der Waals surface area (Å²) in [5, 5.41) is 4.76. The highest BCUT2D eigenvalue weighted by atomic mass is 35.5. The molecule has 0 aromatic heterocycles. The average molecular weight is 342 g/mol. The van der Waals surface area contributed by atoms with E-state index in [1.807, 2.05) is 18.2 Å². The molecule has 5 heteroatoms. The highest BCUT2D eigenvalue weighted by molar-refractivity contribution is 7.99. The number of rotatable bonds is 3. The minimum absolute atomic E-state index is 0.156. The summed E-state index contributed by atoms with van der Waals surface area (Å²) in [7, 11) is 0. The highest BCUT2D eigenvalue weighted by Crippen LogP contribution is 2.36. The van der Waals surface area contributed by atoms with Crippen LogP contribution in [0.1, 0.15) is 23.6 Å². The molecule has 1 nitrogen and oxygen atoms in total. The number of thioether (sulfide) groups is 1. The highest BCUT2D eigenvalue weighted by Gasteiger charge is 2.21. The van der Waals surface area contributed by atoms with Crippen molar-refractivity contribution in [2.45, 2.75) is 23.9 Å². The Morgan fingerprint density at radius 2 is 2.05 bits per heavy atom. The fourth-order valence-corrected chi connectivity index (χ4v) is 4.06. The molecule has 0 spiro atoms. The number of halogens is 3.